The molecular formula is C12H18N2O3. The molecule has 17 heavy (non-hydrogen) atoms. The molecule has 1 rings (SSSR count). The molecule has 1 aromatic carbocycles. The minimum Gasteiger partial charge on any atom is -0.496 e. The molecule has 5 heteroatoms. The van der Waals surface area contributed by atoms with E-state index >= 15 is 0 Å². The van der Waals surface area contributed by atoms with Crippen LogP contribution < -0.4 is 10.1 Å². The van der Waals surface area contributed by atoms with Gasteiger partial charge in [0.25, 0.3) is 5.69 Å². The van der Waals surface area contributed by atoms with E-state index < -0.39 is 4.92 Å². The number of nitrogens with zero attached hydrogens (tertiary/aromatic N) is 1. The second kappa shape index (κ2) is 5.52. The molecule has 0 fully saturated rings. The van der Waals surface area contributed by atoms with Crippen LogP contribution in [0.25, 0.3) is 0 Å². The maximum absolute atomic E-state index is 11.0. The fourth-order valence-electron chi connectivity index (χ4n) is 1.32. The zero-order chi connectivity index (χ0) is 13.0. The third-order valence-electron chi connectivity index (χ3n) is 2.78. The topological polar surface area (TPSA) is 64.4 Å². The molecule has 0 spiro atoms. The third-order valence-corrected chi connectivity index (χ3v) is 2.78. The number of anilines is 1. The summed E-state index contributed by atoms with van der Waals surface area (Å²) in [6.07, 6.45) is 0. The number of nitro groups is 1. The fourth-order valence-corrected chi connectivity index (χ4v) is 1.32. The highest BCUT2D eigenvalue weighted by Gasteiger charge is 2.17. The second-order valence-electron chi connectivity index (χ2n) is 4.32. The van der Waals surface area contributed by atoms with Crippen LogP contribution in [-0.4, -0.2) is 18.1 Å². The first-order valence-corrected chi connectivity index (χ1v) is 5.54. The van der Waals surface area contributed by atoms with Gasteiger partial charge in [-0.15, -0.1) is 0 Å². The molecule has 0 aromatic heterocycles. The number of ether oxygens (including phenoxy) is 1. The summed E-state index contributed by atoms with van der Waals surface area (Å²) in [5.41, 5.74) is 0.564. The van der Waals surface area contributed by atoms with E-state index in [0.717, 1.165) is 0 Å². The van der Waals surface area contributed by atoms with Crippen LogP contribution in [0.2, 0.25) is 0 Å². The van der Waals surface area contributed by atoms with Crippen molar-refractivity contribution in [1.29, 1.82) is 0 Å². The van der Waals surface area contributed by atoms with Gasteiger partial charge in [-0.05, 0) is 25.0 Å². The van der Waals surface area contributed by atoms with Crippen molar-refractivity contribution in [2.24, 2.45) is 5.92 Å². The monoisotopic (exact) mass is 238 g/mol. The second-order valence-corrected chi connectivity index (χ2v) is 4.32. The summed E-state index contributed by atoms with van der Waals surface area (Å²) < 4.78 is 4.98. The number of hydrogen-bond acceptors (Lipinski definition) is 4. The normalized spacial score (nSPS) is 12.3. The van der Waals surface area contributed by atoms with Crippen LogP contribution in [0, 0.1) is 16.0 Å². The molecule has 0 bridgehead atoms. The molecule has 1 N–H and O–H groups in total. The predicted octanol–water partition coefficient (Wildman–Crippen LogP) is 3.06. The molecule has 1 atom stereocenters. The maximum Gasteiger partial charge on any atom is 0.296 e. The highest BCUT2D eigenvalue weighted by molar-refractivity contribution is 5.64. The van der Waals surface area contributed by atoms with E-state index in [-0.39, 0.29) is 11.7 Å². The van der Waals surface area contributed by atoms with Crippen molar-refractivity contribution in [2.75, 3.05) is 12.4 Å². The number of hydrogen-bond donors (Lipinski definition) is 1. The van der Waals surface area contributed by atoms with Gasteiger partial charge in [0.15, 0.2) is 0 Å². The number of benzene rings is 1. The summed E-state index contributed by atoms with van der Waals surface area (Å²) in [5.74, 6) is 0.885. The quantitative estimate of drug-likeness (QED) is 0.632. The Morgan fingerprint density at radius 3 is 2.47 bits per heavy atom. The van der Waals surface area contributed by atoms with Crippen molar-refractivity contribution < 1.29 is 9.66 Å². The lowest BCUT2D eigenvalue weighted by atomic mass is 10.1. The number of rotatable bonds is 5. The molecular weight excluding hydrogens is 220 g/mol. The minimum atomic E-state index is -0.405. The van der Waals surface area contributed by atoms with Gasteiger partial charge in [-0.2, -0.15) is 0 Å². The van der Waals surface area contributed by atoms with Gasteiger partial charge < -0.3 is 10.1 Å². The minimum absolute atomic E-state index is 0.0388. The molecule has 0 amide bonds. The van der Waals surface area contributed by atoms with E-state index in [1.165, 1.54) is 13.2 Å². The molecule has 0 aliphatic carbocycles. The number of nitro benzene ring substituents is 1. The Morgan fingerprint density at radius 1 is 1.35 bits per heavy atom. The van der Waals surface area contributed by atoms with E-state index in [4.69, 9.17) is 4.74 Å². The van der Waals surface area contributed by atoms with Crippen molar-refractivity contribution in [2.45, 2.75) is 26.8 Å². The Balaban J connectivity index is 3.02. The van der Waals surface area contributed by atoms with Crippen LogP contribution in [0.5, 0.6) is 5.75 Å². The van der Waals surface area contributed by atoms with Crippen LogP contribution in [0.3, 0.4) is 0 Å². The SMILES string of the molecule is COc1ccc(NC(C)C(C)C)c([N+](=O)[O-])c1. The zero-order valence-corrected chi connectivity index (χ0v) is 10.6. The molecule has 0 saturated carbocycles. The molecule has 1 aromatic rings. The van der Waals surface area contributed by atoms with Gasteiger partial charge in [-0.1, -0.05) is 13.8 Å². The van der Waals surface area contributed by atoms with Crippen molar-refractivity contribution in [3.05, 3.63) is 28.3 Å². The summed E-state index contributed by atoms with van der Waals surface area (Å²) in [7, 11) is 1.49. The van der Waals surface area contributed by atoms with Crippen molar-refractivity contribution in [3.63, 3.8) is 0 Å². The highest BCUT2D eigenvalue weighted by atomic mass is 16.6. The van der Waals surface area contributed by atoms with E-state index in [1.807, 2.05) is 6.92 Å². The van der Waals surface area contributed by atoms with Crippen LogP contribution in [0.4, 0.5) is 11.4 Å². The van der Waals surface area contributed by atoms with E-state index in [9.17, 15) is 10.1 Å². The van der Waals surface area contributed by atoms with Crippen LogP contribution in [0.15, 0.2) is 18.2 Å². The summed E-state index contributed by atoms with van der Waals surface area (Å²) in [4.78, 5) is 10.5. The molecule has 0 heterocycles. The Morgan fingerprint density at radius 2 is 2.00 bits per heavy atom. The van der Waals surface area contributed by atoms with Crippen LogP contribution in [0.1, 0.15) is 20.8 Å². The Hall–Kier alpha value is -1.78. The summed E-state index contributed by atoms with van der Waals surface area (Å²) in [6.45, 7) is 6.12. The highest BCUT2D eigenvalue weighted by Crippen LogP contribution is 2.29. The van der Waals surface area contributed by atoms with Gasteiger partial charge in [-0.25, -0.2) is 0 Å². The first kappa shape index (κ1) is 13.3. The van der Waals surface area contributed by atoms with E-state index in [0.29, 0.717) is 17.4 Å². The zero-order valence-electron chi connectivity index (χ0n) is 10.6. The average molecular weight is 238 g/mol. The van der Waals surface area contributed by atoms with Crippen molar-refractivity contribution >= 4 is 11.4 Å². The van der Waals surface area contributed by atoms with E-state index in [2.05, 4.69) is 19.2 Å². The van der Waals surface area contributed by atoms with Crippen molar-refractivity contribution in [3.8, 4) is 5.75 Å². The largest absolute Gasteiger partial charge is 0.496 e. The average Bonchev–Trinajstić information content (AvgIpc) is 2.29. The molecule has 0 aliphatic rings. The standard InChI is InChI=1S/C12H18N2O3/c1-8(2)9(3)13-11-6-5-10(17-4)7-12(11)14(15)16/h5-9,13H,1-4H3. The Kier molecular flexibility index (Phi) is 4.31. The van der Waals surface area contributed by atoms with Crippen molar-refractivity contribution in [1.82, 2.24) is 0 Å². The fraction of sp³-hybridized carbons (Fsp3) is 0.500. The van der Waals surface area contributed by atoms with Gasteiger partial charge in [0.1, 0.15) is 11.4 Å². The first-order valence-electron chi connectivity index (χ1n) is 5.54. The lowest BCUT2D eigenvalue weighted by molar-refractivity contribution is -0.384. The van der Waals surface area contributed by atoms with Gasteiger partial charge in [0, 0.05) is 6.04 Å². The molecule has 94 valence electrons. The Bertz CT molecular complexity index is 405. The molecule has 0 radical (unpaired) electrons. The molecule has 5 nitrogen and oxygen atoms in total. The molecule has 0 aliphatic heterocycles. The predicted molar refractivity (Wildman–Crippen MR) is 67.6 cm³/mol. The number of methoxy groups -OCH3 is 1. The molecule has 1 unspecified atom stereocenters. The lowest BCUT2D eigenvalue weighted by Crippen LogP contribution is -2.21. The maximum atomic E-state index is 11.0. The smallest absolute Gasteiger partial charge is 0.296 e. The third kappa shape index (κ3) is 3.34. The summed E-state index contributed by atoms with van der Waals surface area (Å²) in [6, 6.07) is 4.98. The lowest BCUT2D eigenvalue weighted by Gasteiger charge is -2.18. The van der Waals surface area contributed by atoms with Crippen LogP contribution in [-0.2, 0) is 0 Å². The van der Waals surface area contributed by atoms with Gasteiger partial charge in [-0.3, -0.25) is 10.1 Å². The van der Waals surface area contributed by atoms with Gasteiger partial charge >= 0.3 is 0 Å². The van der Waals surface area contributed by atoms with Gasteiger partial charge in [0.05, 0.1) is 18.1 Å². The Labute approximate surface area is 101 Å². The number of nitrogens with one attached hydrogen (secondary N) is 1. The molecule has 0 saturated heterocycles. The first-order chi connectivity index (χ1) is 7.95. The van der Waals surface area contributed by atoms with E-state index in [1.54, 1.807) is 12.1 Å². The van der Waals surface area contributed by atoms with Crippen LogP contribution >= 0.6 is 0 Å². The van der Waals surface area contributed by atoms with Gasteiger partial charge in [0.2, 0.25) is 0 Å². The summed E-state index contributed by atoms with van der Waals surface area (Å²) in [5, 5.41) is 14.1. The summed E-state index contributed by atoms with van der Waals surface area (Å²) >= 11 is 0.